The largest absolute Gasteiger partial charge is 0.497 e. The molecule has 1 aromatic heterocycles. The Labute approximate surface area is 157 Å². The molecule has 25 heavy (non-hydrogen) atoms. The minimum Gasteiger partial charge on any atom is -0.497 e. The lowest BCUT2D eigenvalue weighted by Gasteiger charge is -2.25. The van der Waals surface area contributed by atoms with Crippen molar-refractivity contribution in [1.82, 2.24) is 5.32 Å². The highest BCUT2D eigenvalue weighted by molar-refractivity contribution is 7.80. The molecule has 0 bridgehead atoms. The molecule has 7 heteroatoms. The summed E-state index contributed by atoms with van der Waals surface area (Å²) >= 11 is 7.26. The van der Waals surface area contributed by atoms with Crippen LogP contribution in [0.3, 0.4) is 0 Å². The van der Waals surface area contributed by atoms with E-state index in [-0.39, 0.29) is 5.97 Å². The Morgan fingerprint density at radius 1 is 1.24 bits per heavy atom. The Balaban J connectivity index is 2.02. The average molecular weight is 379 g/mol. The molecular weight excluding hydrogens is 356 g/mol. The normalized spacial score (nSPS) is 10.2. The minimum atomic E-state index is -0.210. The fourth-order valence-corrected chi connectivity index (χ4v) is 3.19. The Morgan fingerprint density at radius 2 is 2.00 bits per heavy atom. The number of hydrogen-bond donors (Lipinski definition) is 1. The van der Waals surface area contributed by atoms with Crippen LogP contribution in [0.25, 0.3) is 0 Å². The topological polar surface area (TPSA) is 50.8 Å². The predicted molar refractivity (Wildman–Crippen MR) is 105 cm³/mol. The molecule has 0 saturated carbocycles. The number of benzene rings is 1. The van der Waals surface area contributed by atoms with Gasteiger partial charge in [-0.2, -0.15) is 0 Å². The van der Waals surface area contributed by atoms with Gasteiger partial charge >= 0.3 is 5.97 Å². The van der Waals surface area contributed by atoms with Gasteiger partial charge in [0.2, 0.25) is 0 Å². The van der Waals surface area contributed by atoms with Crippen molar-refractivity contribution in [1.29, 1.82) is 0 Å². The number of thiocarbonyl (C=S) groups is 1. The first-order valence-electron chi connectivity index (χ1n) is 7.92. The second-order valence-corrected chi connectivity index (χ2v) is 6.69. The number of methoxy groups -OCH3 is 2. The summed E-state index contributed by atoms with van der Waals surface area (Å²) in [7, 11) is 3.04. The van der Waals surface area contributed by atoms with Crippen molar-refractivity contribution in [3.05, 3.63) is 46.7 Å². The van der Waals surface area contributed by atoms with Gasteiger partial charge in [-0.15, -0.1) is 11.3 Å². The van der Waals surface area contributed by atoms with Gasteiger partial charge in [0.1, 0.15) is 5.75 Å². The minimum absolute atomic E-state index is 0.210. The highest BCUT2D eigenvalue weighted by Gasteiger charge is 2.13. The quantitative estimate of drug-likeness (QED) is 0.430. The molecule has 0 radical (unpaired) electrons. The lowest BCUT2D eigenvalue weighted by molar-refractivity contribution is -0.140. The first-order chi connectivity index (χ1) is 12.1. The summed E-state index contributed by atoms with van der Waals surface area (Å²) in [6.45, 7) is 1.30. The summed E-state index contributed by atoms with van der Waals surface area (Å²) < 4.78 is 9.86. The van der Waals surface area contributed by atoms with Gasteiger partial charge in [0.25, 0.3) is 0 Å². The molecule has 0 aliphatic carbocycles. The fourth-order valence-electron chi connectivity index (χ4n) is 2.23. The monoisotopic (exact) mass is 378 g/mol. The maximum absolute atomic E-state index is 11.2. The summed E-state index contributed by atoms with van der Waals surface area (Å²) in [4.78, 5) is 14.4. The van der Waals surface area contributed by atoms with Crippen molar-refractivity contribution in [2.75, 3.05) is 25.7 Å². The van der Waals surface area contributed by atoms with Crippen molar-refractivity contribution in [2.24, 2.45) is 0 Å². The first kappa shape index (κ1) is 19.2. The Morgan fingerprint density at radius 3 is 2.60 bits per heavy atom. The molecule has 1 aromatic carbocycles. The molecule has 5 nitrogen and oxygen atoms in total. The van der Waals surface area contributed by atoms with E-state index in [4.69, 9.17) is 17.0 Å². The molecule has 0 aliphatic heterocycles. The number of anilines is 1. The average Bonchev–Trinajstić information content (AvgIpc) is 3.16. The summed E-state index contributed by atoms with van der Waals surface area (Å²) in [5.74, 6) is 0.593. The fraction of sp³-hybridized carbons (Fsp3) is 0.333. The molecular formula is C18H22N2O3S2. The number of thiophene rings is 1. The SMILES string of the molecule is COC(=O)CCCNC(=S)N(Cc1cccs1)c1ccc(OC)cc1. The van der Waals surface area contributed by atoms with Gasteiger partial charge in [-0.25, -0.2) is 0 Å². The van der Waals surface area contributed by atoms with Crippen LogP contribution in [0.4, 0.5) is 5.69 Å². The third kappa shape index (κ3) is 6.03. The van der Waals surface area contributed by atoms with Crippen molar-refractivity contribution < 1.29 is 14.3 Å². The molecule has 1 heterocycles. The van der Waals surface area contributed by atoms with Crippen LogP contribution in [0.15, 0.2) is 41.8 Å². The molecule has 134 valence electrons. The second-order valence-electron chi connectivity index (χ2n) is 5.28. The molecule has 0 amide bonds. The van der Waals surface area contributed by atoms with E-state index in [1.54, 1.807) is 18.4 Å². The van der Waals surface area contributed by atoms with Crippen molar-refractivity contribution in [3.8, 4) is 5.75 Å². The van der Waals surface area contributed by atoms with Crippen LogP contribution in [0.2, 0.25) is 0 Å². The summed E-state index contributed by atoms with van der Waals surface area (Å²) in [5.41, 5.74) is 0.986. The number of carbonyl (C=O) groups is 1. The molecule has 0 fully saturated rings. The number of hydrogen-bond acceptors (Lipinski definition) is 5. The van der Waals surface area contributed by atoms with Gasteiger partial charge in [-0.05, 0) is 54.4 Å². The van der Waals surface area contributed by atoms with Crippen LogP contribution in [0.5, 0.6) is 5.75 Å². The van der Waals surface area contributed by atoms with Crippen molar-refractivity contribution >= 4 is 40.3 Å². The van der Waals surface area contributed by atoms with E-state index in [0.717, 1.165) is 11.4 Å². The maximum atomic E-state index is 11.2. The summed E-state index contributed by atoms with van der Waals surface area (Å²) in [6.07, 6.45) is 1.04. The molecule has 2 rings (SSSR count). The third-order valence-electron chi connectivity index (χ3n) is 3.58. The number of ether oxygens (including phenoxy) is 2. The van der Waals surface area contributed by atoms with E-state index in [1.165, 1.54) is 12.0 Å². The smallest absolute Gasteiger partial charge is 0.305 e. The van der Waals surface area contributed by atoms with E-state index in [1.807, 2.05) is 40.6 Å². The number of rotatable bonds is 8. The van der Waals surface area contributed by atoms with Crippen LogP contribution in [0, 0.1) is 0 Å². The highest BCUT2D eigenvalue weighted by atomic mass is 32.1. The summed E-state index contributed by atoms with van der Waals surface area (Å²) in [6, 6.07) is 11.9. The van der Waals surface area contributed by atoms with E-state index in [9.17, 15) is 4.79 Å². The molecule has 0 aliphatic rings. The van der Waals surface area contributed by atoms with Crippen LogP contribution in [-0.4, -0.2) is 31.8 Å². The van der Waals surface area contributed by atoms with E-state index < -0.39 is 0 Å². The van der Waals surface area contributed by atoms with Crippen LogP contribution >= 0.6 is 23.6 Å². The Hall–Kier alpha value is -2.12. The zero-order valence-electron chi connectivity index (χ0n) is 14.4. The van der Waals surface area contributed by atoms with E-state index >= 15 is 0 Å². The molecule has 0 atom stereocenters. The van der Waals surface area contributed by atoms with Gasteiger partial charge in [-0.1, -0.05) is 6.07 Å². The lowest BCUT2D eigenvalue weighted by atomic mass is 10.2. The predicted octanol–water partition coefficient (Wildman–Crippen LogP) is 3.59. The van der Waals surface area contributed by atoms with Gasteiger partial charge in [0.05, 0.1) is 20.8 Å². The van der Waals surface area contributed by atoms with Crippen LogP contribution < -0.4 is 15.0 Å². The molecule has 0 spiro atoms. The third-order valence-corrected chi connectivity index (χ3v) is 4.81. The Kier molecular flexibility index (Phi) is 7.69. The molecule has 0 saturated heterocycles. The zero-order chi connectivity index (χ0) is 18.1. The van der Waals surface area contributed by atoms with Gasteiger partial charge in [0, 0.05) is 23.5 Å². The lowest BCUT2D eigenvalue weighted by Crippen LogP contribution is -2.39. The number of nitrogens with one attached hydrogen (secondary N) is 1. The molecule has 1 N–H and O–H groups in total. The van der Waals surface area contributed by atoms with Crippen molar-refractivity contribution in [2.45, 2.75) is 19.4 Å². The molecule has 2 aromatic rings. The zero-order valence-corrected chi connectivity index (χ0v) is 16.0. The maximum Gasteiger partial charge on any atom is 0.305 e. The van der Waals surface area contributed by atoms with Gasteiger partial charge in [0.15, 0.2) is 5.11 Å². The number of carbonyl (C=O) groups excluding carboxylic acids is 1. The van der Waals surface area contributed by atoms with Gasteiger partial charge < -0.3 is 19.7 Å². The second kappa shape index (κ2) is 10.0. The summed E-state index contributed by atoms with van der Waals surface area (Å²) in [5, 5.41) is 5.90. The Bertz CT molecular complexity index is 672. The van der Waals surface area contributed by atoms with Crippen LogP contribution in [-0.2, 0) is 16.1 Å². The van der Waals surface area contributed by atoms with Gasteiger partial charge in [-0.3, -0.25) is 4.79 Å². The van der Waals surface area contributed by atoms with Crippen molar-refractivity contribution in [3.63, 3.8) is 0 Å². The van der Waals surface area contributed by atoms with E-state index in [0.29, 0.717) is 31.0 Å². The van der Waals surface area contributed by atoms with Crippen LogP contribution in [0.1, 0.15) is 17.7 Å². The van der Waals surface area contributed by atoms with E-state index in [2.05, 4.69) is 16.1 Å². The number of nitrogens with zero attached hydrogens (tertiary/aromatic N) is 1. The first-order valence-corrected chi connectivity index (χ1v) is 9.21. The standard InChI is InChI=1S/C18H22N2O3S2/c1-22-15-9-7-14(8-10-15)20(13-16-5-4-12-25-16)18(24)19-11-3-6-17(21)23-2/h4-5,7-10,12H,3,6,11,13H2,1-2H3,(H,19,24). The molecule has 0 unspecified atom stereocenters. The number of esters is 1. The highest BCUT2D eigenvalue weighted by Crippen LogP contribution is 2.23.